The van der Waals surface area contributed by atoms with Crippen LogP contribution in [0.4, 0.5) is 0 Å². The second kappa shape index (κ2) is 9.73. The van der Waals surface area contributed by atoms with Gasteiger partial charge in [0, 0.05) is 19.1 Å². The van der Waals surface area contributed by atoms with Crippen LogP contribution in [0.1, 0.15) is 38.1 Å². The first-order valence-electron chi connectivity index (χ1n) is 9.79. The molecule has 1 aliphatic rings. The van der Waals surface area contributed by atoms with Crippen LogP contribution in [-0.2, 0) is 4.79 Å². The molecular weight excluding hydrogens is 370 g/mol. The maximum absolute atomic E-state index is 13.2. The predicted molar refractivity (Wildman–Crippen MR) is 116 cm³/mol. The Labute approximate surface area is 170 Å². The molecule has 0 spiro atoms. The minimum atomic E-state index is -0.0117. The van der Waals surface area contributed by atoms with Crippen molar-refractivity contribution in [1.82, 2.24) is 14.5 Å². The molecule has 1 saturated carbocycles. The number of hydrogen-bond donors (Lipinski definition) is 0. The molecule has 1 amide bonds. The quantitative estimate of drug-likeness (QED) is 0.381. The summed E-state index contributed by atoms with van der Waals surface area (Å²) < 4.78 is 1.84. The standard InChI is InChI=1S/C22H27N3O2S/c1-3-14-24(15-4-2)20(26)16-28-22-23-19-13-9-8-12-18(19)21(27)25(22)17-10-6-5-7-11-17/h3-4,8-9,12-13,17H,1-2,5-7,10-11,14-16H2. The number of benzene rings is 1. The summed E-state index contributed by atoms with van der Waals surface area (Å²) >= 11 is 1.35. The Bertz CT molecular complexity index is 906. The average Bonchev–Trinajstić information content (AvgIpc) is 2.72. The number of fused-ring (bicyclic) bond motifs is 1. The topological polar surface area (TPSA) is 55.2 Å². The summed E-state index contributed by atoms with van der Waals surface area (Å²) in [5.41, 5.74) is 0.685. The van der Waals surface area contributed by atoms with E-state index in [4.69, 9.17) is 4.98 Å². The lowest BCUT2D eigenvalue weighted by Crippen LogP contribution is -2.33. The van der Waals surface area contributed by atoms with Gasteiger partial charge < -0.3 is 4.90 Å². The minimum Gasteiger partial charge on any atom is -0.335 e. The fourth-order valence-electron chi connectivity index (χ4n) is 3.70. The van der Waals surface area contributed by atoms with Gasteiger partial charge in [-0.2, -0.15) is 0 Å². The fraction of sp³-hybridized carbons (Fsp3) is 0.409. The third kappa shape index (κ3) is 4.55. The van der Waals surface area contributed by atoms with Gasteiger partial charge in [-0.1, -0.05) is 55.3 Å². The van der Waals surface area contributed by atoms with E-state index in [0.717, 1.165) is 25.7 Å². The van der Waals surface area contributed by atoms with Crippen molar-refractivity contribution in [1.29, 1.82) is 0 Å². The maximum atomic E-state index is 13.2. The first-order valence-corrected chi connectivity index (χ1v) is 10.8. The van der Waals surface area contributed by atoms with E-state index in [-0.39, 0.29) is 23.3 Å². The van der Waals surface area contributed by atoms with Gasteiger partial charge in [-0.3, -0.25) is 14.2 Å². The van der Waals surface area contributed by atoms with Crippen LogP contribution in [0.2, 0.25) is 0 Å². The molecule has 0 saturated heterocycles. The molecule has 1 aromatic heterocycles. The molecule has 1 heterocycles. The van der Waals surface area contributed by atoms with Gasteiger partial charge in [-0.15, -0.1) is 13.2 Å². The number of nitrogens with zero attached hydrogens (tertiary/aromatic N) is 3. The van der Waals surface area contributed by atoms with Crippen molar-refractivity contribution in [3.05, 3.63) is 59.9 Å². The number of thioether (sulfide) groups is 1. The Morgan fingerprint density at radius 3 is 2.54 bits per heavy atom. The van der Waals surface area contributed by atoms with Crippen molar-refractivity contribution >= 4 is 28.6 Å². The van der Waals surface area contributed by atoms with Crippen LogP contribution in [0.25, 0.3) is 10.9 Å². The molecule has 3 rings (SSSR count). The summed E-state index contributed by atoms with van der Waals surface area (Å²) in [5, 5.41) is 1.28. The van der Waals surface area contributed by atoms with E-state index in [2.05, 4.69) is 13.2 Å². The second-order valence-corrected chi connectivity index (χ2v) is 7.99. The van der Waals surface area contributed by atoms with E-state index in [9.17, 15) is 9.59 Å². The molecule has 0 bridgehead atoms. The van der Waals surface area contributed by atoms with Crippen molar-refractivity contribution in [3.63, 3.8) is 0 Å². The third-order valence-electron chi connectivity index (χ3n) is 5.09. The summed E-state index contributed by atoms with van der Waals surface area (Å²) in [6.07, 6.45) is 8.85. The van der Waals surface area contributed by atoms with E-state index < -0.39 is 0 Å². The lowest BCUT2D eigenvalue weighted by Gasteiger charge is -2.26. The van der Waals surface area contributed by atoms with Crippen LogP contribution in [0.15, 0.2) is 59.5 Å². The highest BCUT2D eigenvalue weighted by Crippen LogP contribution is 2.31. The van der Waals surface area contributed by atoms with Crippen LogP contribution in [0.3, 0.4) is 0 Å². The Balaban J connectivity index is 1.92. The normalized spacial score (nSPS) is 14.7. The van der Waals surface area contributed by atoms with Crippen molar-refractivity contribution < 1.29 is 4.79 Å². The molecule has 1 aromatic carbocycles. The Hall–Kier alpha value is -2.34. The fourth-order valence-corrected chi connectivity index (χ4v) is 4.67. The summed E-state index contributed by atoms with van der Waals surface area (Å²) in [7, 11) is 0. The van der Waals surface area contributed by atoms with Gasteiger partial charge in [0.25, 0.3) is 5.56 Å². The van der Waals surface area contributed by atoms with Crippen molar-refractivity contribution in [2.75, 3.05) is 18.8 Å². The zero-order valence-corrected chi connectivity index (χ0v) is 17.0. The van der Waals surface area contributed by atoms with Gasteiger partial charge >= 0.3 is 0 Å². The Morgan fingerprint density at radius 2 is 1.86 bits per heavy atom. The summed E-state index contributed by atoms with van der Waals surface area (Å²) in [5.74, 6) is 0.224. The van der Waals surface area contributed by atoms with Crippen LogP contribution in [0.5, 0.6) is 0 Å². The smallest absolute Gasteiger partial charge is 0.262 e. The highest BCUT2D eigenvalue weighted by molar-refractivity contribution is 7.99. The van der Waals surface area contributed by atoms with Crippen LogP contribution < -0.4 is 5.56 Å². The summed E-state index contributed by atoms with van der Waals surface area (Å²) in [4.78, 5) is 32.3. The van der Waals surface area contributed by atoms with E-state index in [0.29, 0.717) is 29.1 Å². The zero-order chi connectivity index (χ0) is 19.9. The Morgan fingerprint density at radius 1 is 1.18 bits per heavy atom. The van der Waals surface area contributed by atoms with Crippen LogP contribution in [-0.4, -0.2) is 39.2 Å². The number of rotatable bonds is 8. The summed E-state index contributed by atoms with van der Waals surface area (Å²) in [6, 6.07) is 7.60. The molecule has 0 N–H and O–H groups in total. The highest BCUT2D eigenvalue weighted by Gasteiger charge is 2.23. The zero-order valence-electron chi connectivity index (χ0n) is 16.2. The van der Waals surface area contributed by atoms with E-state index >= 15 is 0 Å². The average molecular weight is 398 g/mol. The lowest BCUT2D eigenvalue weighted by atomic mass is 9.95. The summed E-state index contributed by atoms with van der Waals surface area (Å²) in [6.45, 7) is 8.38. The molecule has 0 aliphatic heterocycles. The van der Waals surface area contributed by atoms with Gasteiger partial charge in [0.1, 0.15) is 0 Å². The molecule has 148 valence electrons. The molecule has 1 aliphatic carbocycles. The second-order valence-electron chi connectivity index (χ2n) is 7.04. The Kier molecular flexibility index (Phi) is 7.09. The number of hydrogen-bond acceptors (Lipinski definition) is 4. The molecule has 1 fully saturated rings. The first-order chi connectivity index (χ1) is 13.7. The van der Waals surface area contributed by atoms with Gasteiger partial charge in [-0.05, 0) is 25.0 Å². The van der Waals surface area contributed by atoms with Gasteiger partial charge in [0.15, 0.2) is 5.16 Å². The van der Waals surface area contributed by atoms with Gasteiger partial charge in [0.2, 0.25) is 5.91 Å². The molecule has 5 nitrogen and oxygen atoms in total. The lowest BCUT2D eigenvalue weighted by molar-refractivity contribution is -0.127. The molecule has 2 aromatic rings. The molecule has 6 heteroatoms. The number of aromatic nitrogens is 2. The van der Waals surface area contributed by atoms with Crippen LogP contribution in [0, 0.1) is 0 Å². The molecule has 0 unspecified atom stereocenters. The first kappa shape index (κ1) is 20.4. The largest absolute Gasteiger partial charge is 0.335 e. The number of carbonyl (C=O) groups excluding carboxylic acids is 1. The van der Waals surface area contributed by atoms with Crippen molar-refractivity contribution in [2.24, 2.45) is 0 Å². The van der Waals surface area contributed by atoms with Gasteiger partial charge in [-0.25, -0.2) is 4.98 Å². The number of para-hydroxylation sites is 1. The monoisotopic (exact) mass is 397 g/mol. The van der Waals surface area contributed by atoms with Crippen molar-refractivity contribution in [3.8, 4) is 0 Å². The van der Waals surface area contributed by atoms with Crippen LogP contribution >= 0.6 is 11.8 Å². The molecule has 28 heavy (non-hydrogen) atoms. The minimum absolute atomic E-state index is 0.00138. The van der Waals surface area contributed by atoms with Gasteiger partial charge in [0.05, 0.1) is 16.7 Å². The maximum Gasteiger partial charge on any atom is 0.262 e. The van der Waals surface area contributed by atoms with Crippen molar-refractivity contribution in [2.45, 2.75) is 43.3 Å². The third-order valence-corrected chi connectivity index (χ3v) is 6.03. The van der Waals surface area contributed by atoms with E-state index in [1.165, 1.54) is 18.2 Å². The SMILES string of the molecule is C=CCN(CC=C)C(=O)CSc1nc2ccccc2c(=O)n1C1CCCCC1. The highest BCUT2D eigenvalue weighted by atomic mass is 32.2. The number of amides is 1. The predicted octanol–water partition coefficient (Wildman–Crippen LogP) is 4.19. The molecular formula is C22H27N3O2S. The van der Waals surface area contributed by atoms with E-state index in [1.54, 1.807) is 17.1 Å². The number of carbonyl (C=O) groups is 1. The molecule has 0 atom stereocenters. The molecule has 0 radical (unpaired) electrons. The van der Waals surface area contributed by atoms with E-state index in [1.807, 2.05) is 28.8 Å².